The zero-order valence-electron chi connectivity index (χ0n) is 10.8. The van der Waals surface area contributed by atoms with E-state index in [4.69, 9.17) is 0 Å². The number of hydrogen-bond acceptors (Lipinski definition) is 4. The first-order valence-corrected chi connectivity index (χ1v) is 7.06. The lowest BCUT2D eigenvalue weighted by atomic mass is 10.2. The van der Waals surface area contributed by atoms with Crippen LogP contribution >= 0.6 is 11.3 Å². The van der Waals surface area contributed by atoms with Crippen molar-refractivity contribution in [2.75, 3.05) is 11.4 Å². The van der Waals surface area contributed by atoms with Crippen LogP contribution in [-0.2, 0) is 0 Å². The second-order valence-corrected chi connectivity index (χ2v) is 5.09. The predicted octanol–water partition coefficient (Wildman–Crippen LogP) is 3.51. The number of benzene rings is 1. The van der Waals surface area contributed by atoms with Crippen LogP contribution in [0, 0.1) is 5.82 Å². The fourth-order valence-electron chi connectivity index (χ4n) is 2.20. The van der Waals surface area contributed by atoms with Gasteiger partial charge in [0.05, 0.1) is 0 Å². The average molecular weight is 289 g/mol. The smallest absolute Gasteiger partial charge is 0.196 e. The van der Waals surface area contributed by atoms with Crippen LogP contribution in [0.2, 0.25) is 0 Å². The molecule has 3 aromatic rings. The van der Waals surface area contributed by atoms with Crippen LogP contribution in [0.3, 0.4) is 0 Å². The van der Waals surface area contributed by atoms with Gasteiger partial charge in [-0.15, -0.1) is 11.3 Å². The molecule has 0 fully saturated rings. The van der Waals surface area contributed by atoms with Crippen LogP contribution in [0.5, 0.6) is 0 Å². The summed E-state index contributed by atoms with van der Waals surface area (Å²) >= 11 is 1.46. The standard InChI is InChI=1S/C14H12FN3OS/c1-2-17(11-5-3-4-10(15)8-11)13-12(9-19)18-6-7-20-14(18)16-13/h3-9H,2H2,1H3. The molecule has 0 atom stereocenters. The molecule has 0 saturated carbocycles. The second kappa shape index (κ2) is 5.05. The van der Waals surface area contributed by atoms with Crippen molar-refractivity contribution in [2.24, 2.45) is 0 Å². The van der Waals surface area contributed by atoms with Gasteiger partial charge in [-0.05, 0) is 25.1 Å². The molecule has 0 amide bonds. The summed E-state index contributed by atoms with van der Waals surface area (Å²) in [4.78, 5) is 18.4. The topological polar surface area (TPSA) is 37.6 Å². The van der Waals surface area contributed by atoms with Gasteiger partial charge >= 0.3 is 0 Å². The number of thiazole rings is 1. The number of imidazole rings is 1. The lowest BCUT2D eigenvalue weighted by Gasteiger charge is -2.21. The number of anilines is 2. The van der Waals surface area contributed by atoms with E-state index >= 15 is 0 Å². The molecule has 0 aliphatic heterocycles. The molecular formula is C14H12FN3OS. The SMILES string of the molecule is CCN(c1cccc(F)c1)c1nc2sccn2c1C=O. The Hall–Kier alpha value is -2.21. The zero-order valence-corrected chi connectivity index (χ0v) is 11.6. The van der Waals surface area contributed by atoms with Crippen molar-refractivity contribution in [2.45, 2.75) is 6.92 Å². The molecule has 4 nitrogen and oxygen atoms in total. The van der Waals surface area contributed by atoms with E-state index in [2.05, 4.69) is 4.98 Å². The van der Waals surface area contributed by atoms with Crippen LogP contribution in [-0.4, -0.2) is 22.2 Å². The molecule has 1 aromatic carbocycles. The number of nitrogens with zero attached hydrogens (tertiary/aromatic N) is 3. The van der Waals surface area contributed by atoms with Crippen molar-refractivity contribution in [3.05, 3.63) is 47.4 Å². The minimum atomic E-state index is -0.311. The third-order valence-corrected chi connectivity index (χ3v) is 3.84. The summed E-state index contributed by atoms with van der Waals surface area (Å²) in [5.74, 6) is 0.245. The highest BCUT2D eigenvalue weighted by molar-refractivity contribution is 7.15. The first kappa shape index (κ1) is 12.8. The molecule has 0 aliphatic carbocycles. The normalized spacial score (nSPS) is 10.9. The maximum atomic E-state index is 13.4. The van der Waals surface area contributed by atoms with Crippen molar-refractivity contribution >= 4 is 34.1 Å². The Balaban J connectivity index is 2.16. The van der Waals surface area contributed by atoms with Crippen molar-refractivity contribution in [1.82, 2.24) is 9.38 Å². The molecule has 2 aromatic heterocycles. The van der Waals surface area contributed by atoms with Gasteiger partial charge < -0.3 is 4.90 Å². The monoisotopic (exact) mass is 289 g/mol. The number of fused-ring (bicyclic) bond motifs is 1. The van der Waals surface area contributed by atoms with Crippen molar-refractivity contribution in [3.8, 4) is 0 Å². The molecule has 2 heterocycles. The molecular weight excluding hydrogens is 277 g/mol. The minimum Gasteiger partial charge on any atom is -0.325 e. The van der Waals surface area contributed by atoms with E-state index in [1.165, 1.54) is 23.5 Å². The number of hydrogen-bond donors (Lipinski definition) is 0. The summed E-state index contributed by atoms with van der Waals surface area (Å²) < 4.78 is 15.1. The Bertz CT molecular complexity index is 765. The fourth-order valence-corrected chi connectivity index (χ4v) is 2.91. The van der Waals surface area contributed by atoms with E-state index in [0.717, 1.165) is 11.2 Å². The largest absolute Gasteiger partial charge is 0.325 e. The molecule has 102 valence electrons. The number of carbonyl (C=O) groups excluding carboxylic acids is 1. The van der Waals surface area contributed by atoms with Crippen LogP contribution in [0.25, 0.3) is 4.96 Å². The van der Waals surface area contributed by atoms with Gasteiger partial charge in [0.2, 0.25) is 0 Å². The highest BCUT2D eigenvalue weighted by Crippen LogP contribution is 2.29. The Labute approximate surface area is 119 Å². The van der Waals surface area contributed by atoms with Crippen molar-refractivity contribution < 1.29 is 9.18 Å². The van der Waals surface area contributed by atoms with E-state index in [1.54, 1.807) is 22.7 Å². The molecule has 20 heavy (non-hydrogen) atoms. The molecule has 3 rings (SSSR count). The third-order valence-electron chi connectivity index (χ3n) is 3.08. The lowest BCUT2D eigenvalue weighted by Crippen LogP contribution is -2.18. The van der Waals surface area contributed by atoms with Crippen molar-refractivity contribution in [1.29, 1.82) is 0 Å². The number of aldehydes is 1. The molecule has 0 saturated heterocycles. The number of rotatable bonds is 4. The summed E-state index contributed by atoms with van der Waals surface area (Å²) in [6.45, 7) is 2.53. The zero-order chi connectivity index (χ0) is 14.1. The molecule has 0 bridgehead atoms. The van der Waals surface area contributed by atoms with Gasteiger partial charge in [0.1, 0.15) is 11.5 Å². The summed E-state index contributed by atoms with van der Waals surface area (Å²) in [6, 6.07) is 6.27. The maximum Gasteiger partial charge on any atom is 0.196 e. The van der Waals surface area contributed by atoms with Gasteiger partial charge in [-0.3, -0.25) is 9.20 Å². The first-order chi connectivity index (χ1) is 9.74. The van der Waals surface area contributed by atoms with E-state index in [9.17, 15) is 9.18 Å². The highest BCUT2D eigenvalue weighted by atomic mass is 32.1. The van der Waals surface area contributed by atoms with Crippen molar-refractivity contribution in [3.63, 3.8) is 0 Å². The van der Waals surface area contributed by atoms with Gasteiger partial charge in [-0.25, -0.2) is 9.37 Å². The van der Waals surface area contributed by atoms with Crippen LogP contribution < -0.4 is 4.90 Å². The Kier molecular flexibility index (Phi) is 3.23. The van der Waals surface area contributed by atoms with Crippen LogP contribution in [0.1, 0.15) is 17.4 Å². The van der Waals surface area contributed by atoms with E-state index in [0.29, 0.717) is 23.7 Å². The highest BCUT2D eigenvalue weighted by Gasteiger charge is 2.19. The second-order valence-electron chi connectivity index (χ2n) is 4.22. The molecule has 6 heteroatoms. The van der Waals surface area contributed by atoms with E-state index in [-0.39, 0.29) is 5.82 Å². The Morgan fingerprint density at radius 1 is 1.50 bits per heavy atom. The third kappa shape index (κ3) is 1.98. The first-order valence-electron chi connectivity index (χ1n) is 6.18. The van der Waals surface area contributed by atoms with E-state index in [1.807, 2.05) is 17.2 Å². The van der Waals surface area contributed by atoms with Gasteiger partial charge in [0.25, 0.3) is 0 Å². The molecule has 0 spiro atoms. The Morgan fingerprint density at radius 3 is 3.05 bits per heavy atom. The fraction of sp³-hybridized carbons (Fsp3) is 0.143. The number of halogens is 1. The van der Waals surface area contributed by atoms with Gasteiger partial charge in [-0.2, -0.15) is 0 Å². The summed E-state index contributed by atoms with van der Waals surface area (Å²) in [5, 5.41) is 1.87. The predicted molar refractivity (Wildman–Crippen MR) is 77.5 cm³/mol. The number of carbonyl (C=O) groups is 1. The van der Waals surface area contributed by atoms with Gasteiger partial charge in [0, 0.05) is 23.8 Å². The molecule has 0 N–H and O–H groups in total. The van der Waals surface area contributed by atoms with Crippen LogP contribution in [0.15, 0.2) is 35.8 Å². The Morgan fingerprint density at radius 2 is 2.35 bits per heavy atom. The summed E-state index contributed by atoms with van der Waals surface area (Å²) in [6.07, 6.45) is 2.59. The number of aromatic nitrogens is 2. The molecule has 0 aliphatic rings. The summed E-state index contributed by atoms with van der Waals surface area (Å²) in [5.41, 5.74) is 1.16. The summed E-state index contributed by atoms with van der Waals surface area (Å²) in [7, 11) is 0. The van der Waals surface area contributed by atoms with Crippen LogP contribution in [0.4, 0.5) is 15.9 Å². The van der Waals surface area contributed by atoms with Gasteiger partial charge in [-0.1, -0.05) is 6.07 Å². The lowest BCUT2D eigenvalue weighted by molar-refractivity contribution is 0.111. The average Bonchev–Trinajstić information content (AvgIpc) is 3.00. The quantitative estimate of drug-likeness (QED) is 0.690. The van der Waals surface area contributed by atoms with Gasteiger partial charge in [0.15, 0.2) is 17.1 Å². The maximum absolute atomic E-state index is 13.4. The minimum absolute atomic E-state index is 0.311. The molecule has 0 radical (unpaired) electrons. The van der Waals surface area contributed by atoms with E-state index < -0.39 is 0 Å². The molecule has 0 unspecified atom stereocenters.